The Balaban J connectivity index is 1.79. The zero-order valence-electron chi connectivity index (χ0n) is 13.3. The molecular formula is C16H23N5S. The molecule has 4 rings (SSSR count). The quantitative estimate of drug-likeness (QED) is 0.921. The van der Waals surface area contributed by atoms with E-state index < -0.39 is 0 Å². The van der Waals surface area contributed by atoms with Crippen LogP contribution in [0.5, 0.6) is 0 Å². The fourth-order valence-corrected chi connectivity index (χ4v) is 5.03. The van der Waals surface area contributed by atoms with Gasteiger partial charge in [-0.05, 0) is 51.8 Å². The number of anilines is 2. The Morgan fingerprint density at radius 3 is 2.82 bits per heavy atom. The number of thiophene rings is 1. The first-order valence-electron chi connectivity index (χ1n) is 8.12. The second-order valence-electron chi connectivity index (χ2n) is 6.65. The number of nitrogen functional groups attached to an aromatic ring is 1. The summed E-state index contributed by atoms with van der Waals surface area (Å²) in [6.45, 7) is 2.08. The maximum Gasteiger partial charge on any atom is 0.222 e. The lowest BCUT2D eigenvalue weighted by Gasteiger charge is -2.21. The van der Waals surface area contributed by atoms with E-state index in [0.29, 0.717) is 12.0 Å². The monoisotopic (exact) mass is 317 g/mol. The fraction of sp³-hybridized carbons (Fsp3) is 0.625. The molecule has 0 amide bonds. The Morgan fingerprint density at radius 2 is 2.05 bits per heavy atom. The molecule has 0 spiro atoms. The lowest BCUT2D eigenvalue weighted by atomic mass is 9.98. The van der Waals surface area contributed by atoms with E-state index in [1.54, 1.807) is 0 Å². The van der Waals surface area contributed by atoms with Gasteiger partial charge in [0.05, 0.1) is 10.2 Å². The lowest BCUT2D eigenvalue weighted by Crippen LogP contribution is -2.31. The molecule has 0 aromatic carbocycles. The van der Waals surface area contributed by atoms with Crippen molar-refractivity contribution in [2.45, 2.75) is 38.1 Å². The zero-order valence-corrected chi connectivity index (χ0v) is 14.1. The van der Waals surface area contributed by atoms with Gasteiger partial charge in [0.25, 0.3) is 0 Å². The number of hydrogen-bond donors (Lipinski definition) is 1. The normalized spacial score (nSPS) is 21.8. The highest BCUT2D eigenvalue weighted by molar-refractivity contribution is 7.19. The third kappa shape index (κ3) is 2.25. The van der Waals surface area contributed by atoms with E-state index in [-0.39, 0.29) is 0 Å². The van der Waals surface area contributed by atoms with Crippen LogP contribution in [-0.4, -0.2) is 48.1 Å². The molecule has 6 heteroatoms. The highest BCUT2D eigenvalue weighted by Gasteiger charge is 2.28. The van der Waals surface area contributed by atoms with Crippen LogP contribution in [0.1, 0.15) is 29.7 Å². The second-order valence-corrected chi connectivity index (χ2v) is 7.75. The summed E-state index contributed by atoms with van der Waals surface area (Å²) in [6, 6.07) is 0.598. The molecule has 0 bridgehead atoms. The molecule has 2 aromatic heterocycles. The van der Waals surface area contributed by atoms with Gasteiger partial charge in [0.2, 0.25) is 5.95 Å². The maximum absolute atomic E-state index is 6.02. The van der Waals surface area contributed by atoms with E-state index in [2.05, 4.69) is 33.9 Å². The number of aromatic nitrogens is 2. The Morgan fingerprint density at radius 1 is 1.23 bits per heavy atom. The summed E-state index contributed by atoms with van der Waals surface area (Å²) in [5.41, 5.74) is 8.58. The van der Waals surface area contributed by atoms with E-state index in [9.17, 15) is 0 Å². The van der Waals surface area contributed by atoms with Crippen LogP contribution in [-0.2, 0) is 12.8 Å². The van der Waals surface area contributed by atoms with Gasteiger partial charge in [0, 0.05) is 24.0 Å². The number of aryl methyl sites for hydroxylation is 2. The molecule has 1 atom stereocenters. The topological polar surface area (TPSA) is 58.3 Å². The van der Waals surface area contributed by atoms with Gasteiger partial charge in [-0.25, -0.2) is 4.98 Å². The number of nitrogens with two attached hydrogens (primary N) is 1. The molecule has 1 fully saturated rings. The lowest BCUT2D eigenvalue weighted by molar-refractivity contribution is 0.315. The van der Waals surface area contributed by atoms with Crippen molar-refractivity contribution < 1.29 is 0 Å². The van der Waals surface area contributed by atoms with Crippen LogP contribution < -0.4 is 10.6 Å². The van der Waals surface area contributed by atoms with Gasteiger partial charge in [-0.3, -0.25) is 0 Å². The average Bonchev–Trinajstić information content (AvgIpc) is 3.11. The van der Waals surface area contributed by atoms with Crippen molar-refractivity contribution in [3.8, 4) is 0 Å². The van der Waals surface area contributed by atoms with Crippen LogP contribution in [0.4, 0.5) is 11.8 Å². The van der Waals surface area contributed by atoms with Crippen molar-refractivity contribution in [3.63, 3.8) is 0 Å². The minimum Gasteiger partial charge on any atom is -0.368 e. The maximum atomic E-state index is 6.02. The Labute approximate surface area is 135 Å². The predicted molar refractivity (Wildman–Crippen MR) is 92.8 cm³/mol. The van der Waals surface area contributed by atoms with Gasteiger partial charge in [-0.2, -0.15) is 4.98 Å². The molecule has 1 saturated heterocycles. The minimum absolute atomic E-state index is 0.418. The molecule has 2 aromatic rings. The molecule has 2 N–H and O–H groups in total. The first-order valence-corrected chi connectivity index (χ1v) is 8.94. The number of fused-ring (bicyclic) bond motifs is 3. The summed E-state index contributed by atoms with van der Waals surface area (Å²) in [5.74, 6) is 1.48. The van der Waals surface area contributed by atoms with E-state index in [4.69, 9.17) is 5.73 Å². The van der Waals surface area contributed by atoms with Gasteiger partial charge in [-0.15, -0.1) is 11.3 Å². The summed E-state index contributed by atoms with van der Waals surface area (Å²) in [5, 5.41) is 0. The van der Waals surface area contributed by atoms with Crippen molar-refractivity contribution in [1.29, 1.82) is 0 Å². The molecule has 3 heterocycles. The zero-order chi connectivity index (χ0) is 15.3. The van der Waals surface area contributed by atoms with Crippen molar-refractivity contribution in [2.75, 3.05) is 37.8 Å². The molecule has 0 unspecified atom stereocenters. The summed E-state index contributed by atoms with van der Waals surface area (Å²) in [6.07, 6.45) is 6.08. The second kappa shape index (κ2) is 5.35. The van der Waals surface area contributed by atoms with Crippen molar-refractivity contribution in [3.05, 3.63) is 10.4 Å². The van der Waals surface area contributed by atoms with Crippen LogP contribution in [0.3, 0.4) is 0 Å². The fourth-order valence-electron chi connectivity index (χ4n) is 3.69. The van der Waals surface area contributed by atoms with Crippen LogP contribution in [0.2, 0.25) is 0 Å². The number of likely N-dealkylation sites (N-methyl/N-ethyl adjacent to an activating group) is 1. The van der Waals surface area contributed by atoms with E-state index >= 15 is 0 Å². The number of rotatable bonds is 2. The molecule has 22 heavy (non-hydrogen) atoms. The van der Waals surface area contributed by atoms with Crippen molar-refractivity contribution in [2.24, 2.45) is 0 Å². The van der Waals surface area contributed by atoms with Crippen LogP contribution in [0.25, 0.3) is 10.2 Å². The first kappa shape index (κ1) is 14.2. The highest BCUT2D eigenvalue weighted by atomic mass is 32.1. The highest BCUT2D eigenvalue weighted by Crippen LogP contribution is 2.40. The van der Waals surface area contributed by atoms with Gasteiger partial charge in [-0.1, -0.05) is 0 Å². The van der Waals surface area contributed by atoms with Crippen molar-refractivity contribution in [1.82, 2.24) is 14.9 Å². The molecule has 2 aliphatic rings. The number of hydrogen-bond acceptors (Lipinski definition) is 6. The summed E-state index contributed by atoms with van der Waals surface area (Å²) in [4.78, 5) is 15.4. The first-order chi connectivity index (χ1) is 10.6. The molecule has 1 aliphatic carbocycles. The third-order valence-corrected chi connectivity index (χ3v) is 6.26. The SMILES string of the molecule is CN(C)[C@@H]1CCN(c2nc(N)nc3c4c(sc23)CCCC4)C1. The molecular weight excluding hydrogens is 294 g/mol. The average molecular weight is 317 g/mol. The summed E-state index contributed by atoms with van der Waals surface area (Å²) < 4.78 is 1.25. The van der Waals surface area contributed by atoms with Crippen LogP contribution >= 0.6 is 11.3 Å². The molecule has 118 valence electrons. The summed E-state index contributed by atoms with van der Waals surface area (Å²) in [7, 11) is 4.31. The van der Waals surface area contributed by atoms with Crippen molar-refractivity contribution >= 4 is 33.3 Å². The van der Waals surface area contributed by atoms with E-state index in [1.165, 1.54) is 40.8 Å². The Bertz CT molecular complexity index is 708. The van der Waals surface area contributed by atoms with E-state index in [1.807, 2.05) is 11.3 Å². The van der Waals surface area contributed by atoms with Gasteiger partial charge in [0.15, 0.2) is 5.82 Å². The Kier molecular flexibility index (Phi) is 3.46. The van der Waals surface area contributed by atoms with Gasteiger partial charge in [0.1, 0.15) is 0 Å². The number of nitrogens with zero attached hydrogens (tertiary/aromatic N) is 4. The largest absolute Gasteiger partial charge is 0.368 e. The minimum atomic E-state index is 0.418. The van der Waals surface area contributed by atoms with E-state index in [0.717, 1.165) is 30.8 Å². The van der Waals surface area contributed by atoms with Crippen LogP contribution in [0.15, 0.2) is 0 Å². The molecule has 0 radical (unpaired) electrons. The Hall–Kier alpha value is -1.40. The molecule has 1 aliphatic heterocycles. The molecule has 5 nitrogen and oxygen atoms in total. The molecule has 0 saturated carbocycles. The smallest absolute Gasteiger partial charge is 0.222 e. The predicted octanol–water partition coefficient (Wildman–Crippen LogP) is 2.29. The third-order valence-electron chi connectivity index (χ3n) is 4.99. The van der Waals surface area contributed by atoms with Gasteiger partial charge < -0.3 is 15.5 Å². The standard InChI is InChI=1S/C16H23N5S/c1-20(2)10-7-8-21(9-10)15-14-13(18-16(17)19-15)11-5-3-4-6-12(11)22-14/h10H,3-9H2,1-2H3,(H2,17,18,19)/t10-/m1/s1. The van der Waals surface area contributed by atoms with Crippen LogP contribution in [0, 0.1) is 0 Å². The summed E-state index contributed by atoms with van der Waals surface area (Å²) >= 11 is 1.90. The van der Waals surface area contributed by atoms with Gasteiger partial charge >= 0.3 is 0 Å².